The molecule has 0 aromatic heterocycles. The van der Waals surface area contributed by atoms with E-state index < -0.39 is 0 Å². The summed E-state index contributed by atoms with van der Waals surface area (Å²) in [6.07, 6.45) is 4.14. The lowest BCUT2D eigenvalue weighted by Crippen LogP contribution is -2.56. The van der Waals surface area contributed by atoms with Crippen molar-refractivity contribution in [3.05, 3.63) is 0 Å². The van der Waals surface area contributed by atoms with E-state index in [-0.39, 0.29) is 0 Å². The van der Waals surface area contributed by atoms with Gasteiger partial charge in [0, 0.05) is 24.7 Å². The van der Waals surface area contributed by atoms with Crippen molar-refractivity contribution in [1.82, 2.24) is 10.2 Å². The fourth-order valence-corrected chi connectivity index (χ4v) is 4.43. The summed E-state index contributed by atoms with van der Waals surface area (Å²) in [4.78, 5) is 2.79. The van der Waals surface area contributed by atoms with Crippen molar-refractivity contribution < 1.29 is 0 Å². The Morgan fingerprint density at radius 2 is 1.65 bits per heavy atom. The van der Waals surface area contributed by atoms with E-state index in [2.05, 4.69) is 45.0 Å². The van der Waals surface area contributed by atoms with Crippen molar-refractivity contribution in [2.24, 2.45) is 17.8 Å². The van der Waals surface area contributed by atoms with Crippen molar-refractivity contribution >= 4 is 0 Å². The van der Waals surface area contributed by atoms with E-state index in [4.69, 9.17) is 0 Å². The molecule has 1 aliphatic carbocycles. The van der Waals surface area contributed by atoms with Crippen LogP contribution < -0.4 is 5.32 Å². The highest BCUT2D eigenvalue weighted by molar-refractivity contribution is 4.97. The normalized spacial score (nSPS) is 48.5. The van der Waals surface area contributed by atoms with Crippen LogP contribution in [0.3, 0.4) is 0 Å². The number of hydrogen-bond acceptors (Lipinski definition) is 2. The molecule has 2 heteroatoms. The molecule has 2 nitrogen and oxygen atoms in total. The quantitative estimate of drug-likeness (QED) is 0.796. The second-order valence-electron chi connectivity index (χ2n) is 6.83. The molecule has 6 unspecified atom stereocenters. The molecule has 1 saturated heterocycles. The van der Waals surface area contributed by atoms with Gasteiger partial charge in [-0.1, -0.05) is 20.8 Å². The zero-order valence-corrected chi connectivity index (χ0v) is 12.2. The van der Waals surface area contributed by atoms with Crippen molar-refractivity contribution in [3.63, 3.8) is 0 Å². The van der Waals surface area contributed by atoms with E-state index in [1.165, 1.54) is 25.8 Å². The van der Waals surface area contributed by atoms with E-state index in [9.17, 15) is 0 Å². The molecule has 0 aromatic carbocycles. The molecule has 2 fully saturated rings. The highest BCUT2D eigenvalue weighted by Crippen LogP contribution is 2.36. The molecule has 17 heavy (non-hydrogen) atoms. The fourth-order valence-electron chi connectivity index (χ4n) is 4.43. The molecule has 6 atom stereocenters. The van der Waals surface area contributed by atoms with Crippen molar-refractivity contribution in [2.45, 2.75) is 65.1 Å². The van der Waals surface area contributed by atoms with Gasteiger partial charge in [0.05, 0.1) is 0 Å². The van der Waals surface area contributed by atoms with Crippen molar-refractivity contribution in [1.29, 1.82) is 0 Å². The van der Waals surface area contributed by atoms with Gasteiger partial charge in [-0.05, 0) is 51.0 Å². The Kier molecular flexibility index (Phi) is 4.14. The molecule has 1 saturated carbocycles. The summed E-state index contributed by atoms with van der Waals surface area (Å²) in [7, 11) is 2.15. The topological polar surface area (TPSA) is 15.3 Å². The number of nitrogens with zero attached hydrogens (tertiary/aromatic N) is 1. The highest BCUT2D eigenvalue weighted by Gasteiger charge is 2.41. The first-order valence-electron chi connectivity index (χ1n) is 7.46. The first-order valence-corrected chi connectivity index (χ1v) is 7.46. The molecule has 0 radical (unpaired) electrons. The summed E-state index contributed by atoms with van der Waals surface area (Å²) in [6.45, 7) is 11.0. The summed E-state index contributed by atoms with van der Waals surface area (Å²) >= 11 is 0. The molecular weight excluding hydrogens is 208 g/mol. The lowest BCUT2D eigenvalue weighted by Gasteiger charge is -2.46. The van der Waals surface area contributed by atoms with Crippen LogP contribution in [0.2, 0.25) is 0 Å². The summed E-state index contributed by atoms with van der Waals surface area (Å²) < 4.78 is 0. The second-order valence-corrected chi connectivity index (χ2v) is 6.83. The van der Waals surface area contributed by atoms with Gasteiger partial charge in [0.15, 0.2) is 0 Å². The number of hydrogen-bond donors (Lipinski definition) is 1. The maximum absolute atomic E-state index is 3.59. The highest BCUT2D eigenvalue weighted by atomic mass is 15.2. The monoisotopic (exact) mass is 238 g/mol. The molecule has 0 spiro atoms. The summed E-state index contributed by atoms with van der Waals surface area (Å²) in [5, 5.41) is 3.59. The van der Waals surface area contributed by atoms with E-state index >= 15 is 0 Å². The minimum atomic E-state index is 0.696. The zero-order chi connectivity index (χ0) is 12.6. The first kappa shape index (κ1) is 13.4. The third-order valence-corrected chi connectivity index (χ3v) is 5.01. The van der Waals surface area contributed by atoms with Crippen LogP contribution in [0.1, 0.15) is 47.0 Å². The molecule has 100 valence electrons. The smallest absolute Gasteiger partial charge is 0.0277 e. The van der Waals surface area contributed by atoms with E-state index in [0.717, 1.165) is 29.8 Å². The van der Waals surface area contributed by atoms with Gasteiger partial charge < -0.3 is 5.32 Å². The van der Waals surface area contributed by atoms with E-state index in [0.29, 0.717) is 6.04 Å². The van der Waals surface area contributed by atoms with Gasteiger partial charge in [0.2, 0.25) is 0 Å². The Morgan fingerprint density at radius 1 is 0.941 bits per heavy atom. The number of likely N-dealkylation sites (N-methyl/N-ethyl adjacent to an activating group) is 1. The zero-order valence-electron chi connectivity index (χ0n) is 12.2. The number of nitrogens with one attached hydrogen (secondary N) is 1. The average Bonchev–Trinajstić information content (AvgIpc) is 2.56. The summed E-state index contributed by atoms with van der Waals surface area (Å²) in [6, 6.07) is 2.24. The summed E-state index contributed by atoms with van der Waals surface area (Å²) in [5.41, 5.74) is 0. The maximum Gasteiger partial charge on any atom is 0.0277 e. The number of rotatable bonds is 2. The van der Waals surface area contributed by atoms with Crippen LogP contribution in [0.4, 0.5) is 0 Å². The van der Waals surface area contributed by atoms with Gasteiger partial charge in [-0.2, -0.15) is 0 Å². The van der Waals surface area contributed by atoms with Crippen molar-refractivity contribution in [2.75, 3.05) is 13.6 Å². The third kappa shape index (κ3) is 2.68. The van der Waals surface area contributed by atoms with E-state index in [1.807, 2.05) is 0 Å². The largest absolute Gasteiger partial charge is 0.315 e. The average molecular weight is 238 g/mol. The Bertz CT molecular complexity index is 253. The minimum absolute atomic E-state index is 0.696. The number of likely N-dealkylation sites (tertiary alicyclic amines) is 1. The van der Waals surface area contributed by atoms with Gasteiger partial charge in [0.1, 0.15) is 0 Å². The minimum Gasteiger partial charge on any atom is -0.315 e. The third-order valence-electron chi connectivity index (χ3n) is 5.01. The van der Waals surface area contributed by atoms with Crippen LogP contribution >= 0.6 is 0 Å². The lowest BCUT2D eigenvalue weighted by atomic mass is 9.75. The molecule has 0 bridgehead atoms. The fraction of sp³-hybridized carbons (Fsp3) is 1.00. The van der Waals surface area contributed by atoms with Crippen LogP contribution in [-0.2, 0) is 0 Å². The molecule has 1 aliphatic heterocycles. The second kappa shape index (κ2) is 5.27. The Labute approximate surface area is 107 Å². The SMILES string of the molecule is CNC1CC(C)CC(C)C1N1CC(C)CC1C. The van der Waals surface area contributed by atoms with Crippen molar-refractivity contribution in [3.8, 4) is 0 Å². The lowest BCUT2D eigenvalue weighted by molar-refractivity contribution is 0.0580. The van der Waals surface area contributed by atoms with Crippen LogP contribution in [-0.4, -0.2) is 36.6 Å². The molecule has 2 rings (SSSR count). The Morgan fingerprint density at radius 3 is 2.18 bits per heavy atom. The molecule has 0 aromatic rings. The molecule has 0 amide bonds. The Hall–Kier alpha value is -0.0800. The van der Waals surface area contributed by atoms with Crippen LogP contribution in [0, 0.1) is 17.8 Å². The molecule has 2 aliphatic rings. The van der Waals surface area contributed by atoms with Crippen LogP contribution in [0.25, 0.3) is 0 Å². The van der Waals surface area contributed by atoms with Gasteiger partial charge in [-0.3, -0.25) is 4.90 Å². The Balaban J connectivity index is 2.11. The summed E-state index contributed by atoms with van der Waals surface area (Å²) in [5.74, 6) is 2.60. The predicted octanol–water partition coefficient (Wildman–Crippen LogP) is 2.74. The van der Waals surface area contributed by atoms with Crippen LogP contribution in [0.15, 0.2) is 0 Å². The van der Waals surface area contributed by atoms with Crippen LogP contribution in [0.5, 0.6) is 0 Å². The first-order chi connectivity index (χ1) is 8.02. The van der Waals surface area contributed by atoms with Gasteiger partial charge in [0.25, 0.3) is 0 Å². The van der Waals surface area contributed by atoms with Gasteiger partial charge >= 0.3 is 0 Å². The van der Waals surface area contributed by atoms with Gasteiger partial charge in [-0.25, -0.2) is 0 Å². The van der Waals surface area contributed by atoms with E-state index in [1.54, 1.807) is 0 Å². The maximum atomic E-state index is 3.59. The molecule has 1 N–H and O–H groups in total. The molecule has 1 heterocycles. The van der Waals surface area contributed by atoms with Gasteiger partial charge in [-0.15, -0.1) is 0 Å². The molecular formula is C15H30N2. The standard InChI is InChI=1S/C15H30N2/c1-10-6-12(3)15(14(8-10)16-5)17-9-11(2)7-13(17)4/h10-16H,6-9H2,1-5H3. The predicted molar refractivity (Wildman–Crippen MR) is 74.1 cm³/mol.